The molecule has 0 aliphatic heterocycles. The minimum atomic E-state index is 0.232. The van der Waals surface area contributed by atoms with E-state index in [-0.39, 0.29) is 6.54 Å². The van der Waals surface area contributed by atoms with Gasteiger partial charge in [0.05, 0.1) is 0 Å². The monoisotopic (exact) mass is 227 g/mol. The molecule has 0 atom stereocenters. The van der Waals surface area contributed by atoms with Crippen LogP contribution in [0, 0.1) is 4.91 Å². The summed E-state index contributed by atoms with van der Waals surface area (Å²) in [6.45, 7) is 1.10. The Labute approximate surface area is 101 Å². The first kappa shape index (κ1) is 11.5. The van der Waals surface area contributed by atoms with Gasteiger partial charge in [0.25, 0.3) is 0 Å². The predicted octanol–water partition coefficient (Wildman–Crippen LogP) is 2.48. The van der Waals surface area contributed by atoms with E-state index < -0.39 is 0 Å². The first-order chi connectivity index (χ1) is 8.40. The van der Waals surface area contributed by atoms with E-state index in [1.807, 2.05) is 42.6 Å². The number of aromatic nitrogens is 1. The summed E-state index contributed by atoms with van der Waals surface area (Å²) in [6, 6.07) is 16.2. The highest BCUT2D eigenvalue weighted by Crippen LogP contribution is 2.00. The summed E-state index contributed by atoms with van der Waals surface area (Å²) < 4.78 is 2.08. The fourth-order valence-electron chi connectivity index (χ4n) is 1.83. The van der Waals surface area contributed by atoms with Gasteiger partial charge in [0.2, 0.25) is 5.69 Å². The molecule has 1 aromatic carbocycles. The fraction of sp³-hybridized carbons (Fsp3) is 0.214. The Bertz CT molecular complexity index is 483. The molecule has 2 aromatic rings. The highest BCUT2D eigenvalue weighted by molar-refractivity contribution is 5.14. The van der Waals surface area contributed by atoms with Gasteiger partial charge in [0.1, 0.15) is 0 Å². The normalized spacial score (nSPS) is 10.1. The van der Waals surface area contributed by atoms with E-state index in [4.69, 9.17) is 0 Å². The van der Waals surface area contributed by atoms with Gasteiger partial charge in [-0.15, -0.1) is 0 Å². The van der Waals surface area contributed by atoms with Gasteiger partial charge in [-0.05, 0) is 5.56 Å². The van der Waals surface area contributed by atoms with E-state index in [1.165, 1.54) is 5.56 Å². The highest BCUT2D eigenvalue weighted by Gasteiger charge is 2.09. The van der Waals surface area contributed by atoms with Gasteiger partial charge in [0, 0.05) is 18.6 Å². The number of rotatable bonds is 5. The van der Waals surface area contributed by atoms with E-state index in [1.54, 1.807) is 0 Å². The molecule has 0 unspecified atom stereocenters. The van der Waals surface area contributed by atoms with Crippen LogP contribution in [0.25, 0.3) is 0 Å². The van der Waals surface area contributed by atoms with Crippen molar-refractivity contribution in [3.05, 3.63) is 70.9 Å². The molecule has 0 aliphatic rings. The zero-order valence-electron chi connectivity index (χ0n) is 9.62. The largest absolute Gasteiger partial charge is 0.206 e. The highest BCUT2D eigenvalue weighted by atomic mass is 16.3. The molecule has 0 aliphatic carbocycles. The van der Waals surface area contributed by atoms with Crippen molar-refractivity contribution >= 4 is 0 Å². The van der Waals surface area contributed by atoms with Crippen molar-refractivity contribution < 1.29 is 4.57 Å². The average molecular weight is 227 g/mol. The summed E-state index contributed by atoms with van der Waals surface area (Å²) in [5.41, 5.74) is 2.26. The average Bonchev–Trinajstić information content (AvgIpc) is 2.39. The maximum atomic E-state index is 10.3. The maximum absolute atomic E-state index is 10.3. The van der Waals surface area contributed by atoms with E-state index >= 15 is 0 Å². The van der Waals surface area contributed by atoms with Gasteiger partial charge >= 0.3 is 0 Å². The van der Waals surface area contributed by atoms with Crippen molar-refractivity contribution in [3.63, 3.8) is 0 Å². The molecule has 1 aromatic heterocycles. The van der Waals surface area contributed by atoms with Crippen LogP contribution >= 0.6 is 0 Å². The molecule has 0 radical (unpaired) electrons. The molecule has 2 rings (SSSR count). The molecule has 0 N–H and O–H groups in total. The molecular weight excluding hydrogens is 212 g/mol. The molecule has 1 heterocycles. The van der Waals surface area contributed by atoms with Gasteiger partial charge in [-0.3, -0.25) is 0 Å². The second kappa shape index (κ2) is 5.89. The first-order valence-corrected chi connectivity index (χ1v) is 5.70. The topological polar surface area (TPSA) is 33.3 Å². The standard InChI is InChI=1S/C14H15N2O/c17-15-12-14-8-4-5-10-16(14)11-9-13-6-2-1-3-7-13/h1-8,10H,9,11-12H2/q+1. The Morgan fingerprint density at radius 3 is 2.53 bits per heavy atom. The lowest BCUT2D eigenvalue weighted by molar-refractivity contribution is -0.703. The van der Waals surface area contributed by atoms with Crippen LogP contribution in [0.5, 0.6) is 0 Å². The number of nitroso groups, excluding NO2 is 1. The van der Waals surface area contributed by atoms with E-state index in [9.17, 15) is 4.91 Å². The summed E-state index contributed by atoms with van der Waals surface area (Å²) in [4.78, 5) is 10.3. The molecule has 3 heteroatoms. The SMILES string of the molecule is O=NCc1cccc[n+]1CCc1ccccc1. The van der Waals surface area contributed by atoms with Crippen LogP contribution in [0.1, 0.15) is 11.3 Å². The molecule has 0 saturated carbocycles. The van der Waals surface area contributed by atoms with Crippen molar-refractivity contribution in [1.82, 2.24) is 0 Å². The van der Waals surface area contributed by atoms with E-state index in [0.717, 1.165) is 18.7 Å². The molecule has 0 bridgehead atoms. The lowest BCUT2D eigenvalue weighted by atomic mass is 10.1. The number of hydrogen-bond acceptors (Lipinski definition) is 2. The Balaban J connectivity index is 2.06. The van der Waals surface area contributed by atoms with Crippen LogP contribution in [0.15, 0.2) is 59.9 Å². The summed E-state index contributed by atoms with van der Waals surface area (Å²) in [7, 11) is 0. The number of benzene rings is 1. The third-order valence-electron chi connectivity index (χ3n) is 2.75. The smallest absolute Gasteiger partial charge is 0.200 e. The van der Waals surface area contributed by atoms with E-state index in [2.05, 4.69) is 21.9 Å². The summed E-state index contributed by atoms with van der Waals surface area (Å²) in [6.07, 6.45) is 2.95. The van der Waals surface area contributed by atoms with Crippen LogP contribution < -0.4 is 4.57 Å². The van der Waals surface area contributed by atoms with Crippen molar-refractivity contribution in [1.29, 1.82) is 0 Å². The Kier molecular flexibility index (Phi) is 3.97. The first-order valence-electron chi connectivity index (χ1n) is 5.70. The molecule has 86 valence electrons. The number of nitrogens with zero attached hydrogens (tertiary/aromatic N) is 2. The summed E-state index contributed by atoms with van der Waals surface area (Å²) in [5.74, 6) is 0. The molecule has 3 nitrogen and oxygen atoms in total. The molecule has 0 amide bonds. The van der Waals surface area contributed by atoms with Crippen LogP contribution in [0.3, 0.4) is 0 Å². The molecule has 17 heavy (non-hydrogen) atoms. The Hall–Kier alpha value is -2.03. The minimum Gasteiger partial charge on any atom is -0.200 e. The molecular formula is C14H15N2O+. The van der Waals surface area contributed by atoms with Gasteiger partial charge in [-0.25, -0.2) is 4.57 Å². The molecule has 0 fully saturated rings. The zero-order valence-corrected chi connectivity index (χ0v) is 9.62. The number of hydrogen-bond donors (Lipinski definition) is 0. The molecule has 0 saturated heterocycles. The fourth-order valence-corrected chi connectivity index (χ4v) is 1.83. The van der Waals surface area contributed by atoms with Crippen LogP contribution in [0.2, 0.25) is 0 Å². The number of aryl methyl sites for hydroxylation is 2. The zero-order chi connectivity index (χ0) is 11.9. The van der Waals surface area contributed by atoms with Crippen molar-refractivity contribution in [2.45, 2.75) is 19.5 Å². The lowest BCUT2D eigenvalue weighted by Gasteiger charge is -2.01. The third kappa shape index (κ3) is 3.21. The predicted molar refractivity (Wildman–Crippen MR) is 66.3 cm³/mol. The third-order valence-corrected chi connectivity index (χ3v) is 2.75. The van der Waals surface area contributed by atoms with E-state index in [0.29, 0.717) is 0 Å². The summed E-state index contributed by atoms with van der Waals surface area (Å²) in [5, 5.41) is 2.95. The van der Waals surface area contributed by atoms with Gasteiger partial charge < -0.3 is 0 Å². The Morgan fingerprint density at radius 1 is 1.00 bits per heavy atom. The van der Waals surface area contributed by atoms with Crippen LogP contribution in [0.4, 0.5) is 0 Å². The van der Waals surface area contributed by atoms with Crippen molar-refractivity contribution in [3.8, 4) is 0 Å². The number of pyridine rings is 1. The maximum Gasteiger partial charge on any atom is 0.206 e. The van der Waals surface area contributed by atoms with Crippen LogP contribution in [-0.4, -0.2) is 0 Å². The van der Waals surface area contributed by atoms with Crippen molar-refractivity contribution in [2.75, 3.05) is 0 Å². The second-order valence-electron chi connectivity index (χ2n) is 3.91. The summed E-state index contributed by atoms with van der Waals surface area (Å²) >= 11 is 0. The van der Waals surface area contributed by atoms with Gasteiger partial charge in [-0.1, -0.05) is 41.6 Å². The van der Waals surface area contributed by atoms with Crippen LogP contribution in [-0.2, 0) is 19.5 Å². The molecule has 0 spiro atoms. The quantitative estimate of drug-likeness (QED) is 0.570. The lowest BCUT2D eigenvalue weighted by Crippen LogP contribution is -2.38. The minimum absolute atomic E-state index is 0.232. The van der Waals surface area contributed by atoms with Gasteiger partial charge in [0.15, 0.2) is 19.3 Å². The Morgan fingerprint density at radius 2 is 1.76 bits per heavy atom. The second-order valence-corrected chi connectivity index (χ2v) is 3.91. The van der Waals surface area contributed by atoms with Gasteiger partial charge in [-0.2, -0.15) is 4.91 Å². The van der Waals surface area contributed by atoms with Crippen molar-refractivity contribution in [2.24, 2.45) is 5.18 Å².